The summed E-state index contributed by atoms with van der Waals surface area (Å²) in [7, 11) is 1.67. The number of nitrogens with zero attached hydrogens (tertiary/aromatic N) is 1. The molecule has 132 valence electrons. The van der Waals surface area contributed by atoms with Crippen LogP contribution in [0.3, 0.4) is 0 Å². The lowest BCUT2D eigenvalue weighted by molar-refractivity contribution is -0.0577. The molecule has 4 nitrogen and oxygen atoms in total. The fraction of sp³-hybridized carbons (Fsp3) is 0.650. The average Bonchev–Trinajstić information content (AvgIpc) is 3.04. The summed E-state index contributed by atoms with van der Waals surface area (Å²) >= 11 is 0. The van der Waals surface area contributed by atoms with Gasteiger partial charge < -0.3 is 14.7 Å². The Morgan fingerprint density at radius 2 is 2.00 bits per heavy atom. The van der Waals surface area contributed by atoms with Crippen molar-refractivity contribution in [2.24, 2.45) is 5.92 Å². The van der Waals surface area contributed by atoms with Gasteiger partial charge in [-0.25, -0.2) is 0 Å². The van der Waals surface area contributed by atoms with Crippen LogP contribution >= 0.6 is 0 Å². The highest BCUT2D eigenvalue weighted by Crippen LogP contribution is 2.41. The van der Waals surface area contributed by atoms with Crippen LogP contribution in [-0.4, -0.2) is 41.2 Å². The molecule has 1 aliphatic heterocycles. The molecule has 1 heterocycles. The number of methoxy groups -OCH3 is 1. The highest BCUT2D eigenvalue weighted by molar-refractivity contribution is 5.94. The minimum atomic E-state index is -0.645. The number of amides is 1. The summed E-state index contributed by atoms with van der Waals surface area (Å²) in [4.78, 5) is 15.0. The normalized spacial score (nSPS) is 30.5. The van der Waals surface area contributed by atoms with Crippen LogP contribution in [0.5, 0.6) is 0 Å². The highest BCUT2D eigenvalue weighted by atomic mass is 16.5. The van der Waals surface area contributed by atoms with Gasteiger partial charge in [-0.05, 0) is 50.3 Å². The lowest BCUT2D eigenvalue weighted by Crippen LogP contribution is -2.50. The van der Waals surface area contributed by atoms with E-state index in [4.69, 9.17) is 4.74 Å². The highest BCUT2D eigenvalue weighted by Gasteiger charge is 2.44. The zero-order valence-electron chi connectivity index (χ0n) is 14.8. The Labute approximate surface area is 144 Å². The van der Waals surface area contributed by atoms with E-state index in [2.05, 4.69) is 0 Å². The molecular formula is C20H29NO3. The number of hydrogen-bond donors (Lipinski definition) is 1. The maximum atomic E-state index is 13.0. The van der Waals surface area contributed by atoms with E-state index in [-0.39, 0.29) is 17.9 Å². The molecule has 24 heavy (non-hydrogen) atoms. The molecule has 1 aromatic carbocycles. The molecule has 2 aliphatic rings. The number of benzene rings is 1. The predicted molar refractivity (Wildman–Crippen MR) is 93.8 cm³/mol. The molecule has 3 atom stereocenters. The van der Waals surface area contributed by atoms with E-state index in [1.807, 2.05) is 36.1 Å². The lowest BCUT2D eigenvalue weighted by Gasteiger charge is -2.43. The number of likely N-dealkylation sites (tertiary alicyclic amines) is 1. The van der Waals surface area contributed by atoms with Crippen LogP contribution in [0.2, 0.25) is 0 Å². The van der Waals surface area contributed by atoms with Gasteiger partial charge in [0.05, 0.1) is 12.2 Å². The molecule has 4 heteroatoms. The lowest BCUT2D eigenvalue weighted by atomic mass is 9.72. The first-order valence-electron chi connectivity index (χ1n) is 9.14. The van der Waals surface area contributed by atoms with Crippen molar-refractivity contribution >= 4 is 5.91 Å². The molecule has 1 aliphatic carbocycles. The maximum Gasteiger partial charge on any atom is 0.254 e. The molecule has 1 saturated heterocycles. The minimum absolute atomic E-state index is 0.0999. The quantitative estimate of drug-likeness (QED) is 0.920. The van der Waals surface area contributed by atoms with Gasteiger partial charge in [0.25, 0.3) is 5.91 Å². The third kappa shape index (κ3) is 3.50. The standard InChI is InChI=1S/C20H29NO3/c1-20(23)12-4-3-6-17(20)18-7-5-13-21(18)19(22)16-10-8-15(9-11-16)14-24-2/h8-11,17-18,23H,3-7,12-14H2,1-2H3/t17-,18+,20-/m0/s1. The largest absolute Gasteiger partial charge is 0.390 e. The predicted octanol–water partition coefficient (Wildman–Crippen LogP) is 3.38. The Hall–Kier alpha value is -1.39. The Kier molecular flexibility index (Phi) is 5.26. The van der Waals surface area contributed by atoms with Crippen LogP contribution in [-0.2, 0) is 11.3 Å². The third-order valence-electron chi connectivity index (χ3n) is 5.78. The van der Waals surface area contributed by atoms with Gasteiger partial charge in [-0.2, -0.15) is 0 Å². The van der Waals surface area contributed by atoms with Crippen LogP contribution in [0.15, 0.2) is 24.3 Å². The minimum Gasteiger partial charge on any atom is -0.390 e. The molecule has 0 radical (unpaired) electrons. The molecule has 1 amide bonds. The second-order valence-electron chi connectivity index (χ2n) is 7.55. The first kappa shape index (κ1) is 17.4. The van der Waals surface area contributed by atoms with E-state index >= 15 is 0 Å². The summed E-state index contributed by atoms with van der Waals surface area (Å²) < 4.78 is 5.12. The fourth-order valence-electron chi connectivity index (χ4n) is 4.49. The van der Waals surface area contributed by atoms with Crippen molar-refractivity contribution in [3.8, 4) is 0 Å². The van der Waals surface area contributed by atoms with E-state index in [0.29, 0.717) is 6.61 Å². The topological polar surface area (TPSA) is 49.8 Å². The summed E-state index contributed by atoms with van der Waals surface area (Å²) in [5, 5.41) is 10.8. The molecule has 1 aromatic rings. The average molecular weight is 331 g/mol. The van der Waals surface area contributed by atoms with Crippen LogP contribution < -0.4 is 0 Å². The van der Waals surface area contributed by atoms with Crippen LogP contribution in [0, 0.1) is 5.92 Å². The molecule has 1 saturated carbocycles. The Bertz CT molecular complexity index is 567. The summed E-state index contributed by atoms with van der Waals surface area (Å²) in [5.41, 5.74) is 1.16. The summed E-state index contributed by atoms with van der Waals surface area (Å²) in [6.07, 6.45) is 6.16. The molecule has 2 fully saturated rings. The second kappa shape index (κ2) is 7.24. The smallest absolute Gasteiger partial charge is 0.254 e. The molecule has 0 bridgehead atoms. The van der Waals surface area contributed by atoms with Crippen LogP contribution in [0.1, 0.15) is 61.4 Å². The first-order valence-corrected chi connectivity index (χ1v) is 9.14. The first-order chi connectivity index (χ1) is 11.5. The van der Waals surface area contributed by atoms with Crippen molar-refractivity contribution < 1.29 is 14.6 Å². The van der Waals surface area contributed by atoms with Crippen LogP contribution in [0.4, 0.5) is 0 Å². The Morgan fingerprint density at radius 1 is 1.25 bits per heavy atom. The van der Waals surface area contributed by atoms with Crippen LogP contribution in [0.25, 0.3) is 0 Å². The molecular weight excluding hydrogens is 302 g/mol. The number of carbonyl (C=O) groups excluding carboxylic acids is 1. The molecule has 3 rings (SSSR count). The van der Waals surface area contributed by atoms with Gasteiger partial charge in [0.1, 0.15) is 0 Å². The van der Waals surface area contributed by atoms with Crippen molar-refractivity contribution in [1.29, 1.82) is 0 Å². The van der Waals surface area contributed by atoms with Gasteiger partial charge >= 0.3 is 0 Å². The van der Waals surface area contributed by atoms with Crippen molar-refractivity contribution in [3.05, 3.63) is 35.4 Å². The van der Waals surface area contributed by atoms with Gasteiger partial charge in [0.15, 0.2) is 0 Å². The van der Waals surface area contributed by atoms with Gasteiger partial charge in [0.2, 0.25) is 0 Å². The zero-order valence-corrected chi connectivity index (χ0v) is 14.8. The molecule has 0 unspecified atom stereocenters. The maximum absolute atomic E-state index is 13.0. The van der Waals surface area contributed by atoms with Gasteiger partial charge in [-0.3, -0.25) is 4.79 Å². The third-order valence-corrected chi connectivity index (χ3v) is 5.78. The SMILES string of the molecule is COCc1ccc(C(=O)N2CCC[C@@H]2[C@@H]2CCCC[C@]2(C)O)cc1. The van der Waals surface area contributed by atoms with Crippen molar-refractivity contribution in [2.75, 3.05) is 13.7 Å². The van der Waals surface area contributed by atoms with Crippen molar-refractivity contribution in [3.63, 3.8) is 0 Å². The fourth-order valence-corrected chi connectivity index (χ4v) is 4.49. The number of rotatable bonds is 4. The Balaban J connectivity index is 1.75. The monoisotopic (exact) mass is 331 g/mol. The summed E-state index contributed by atoms with van der Waals surface area (Å²) in [6, 6.07) is 7.87. The summed E-state index contributed by atoms with van der Waals surface area (Å²) in [5.74, 6) is 0.299. The van der Waals surface area contributed by atoms with E-state index in [1.54, 1.807) is 7.11 Å². The van der Waals surface area contributed by atoms with E-state index < -0.39 is 5.60 Å². The molecule has 0 spiro atoms. The van der Waals surface area contributed by atoms with Gasteiger partial charge in [-0.1, -0.05) is 25.0 Å². The number of carbonyl (C=O) groups is 1. The van der Waals surface area contributed by atoms with Gasteiger partial charge in [-0.15, -0.1) is 0 Å². The summed E-state index contributed by atoms with van der Waals surface area (Å²) in [6.45, 7) is 3.32. The van der Waals surface area contributed by atoms with Crippen molar-refractivity contribution in [1.82, 2.24) is 4.90 Å². The van der Waals surface area contributed by atoms with E-state index in [9.17, 15) is 9.90 Å². The zero-order chi connectivity index (χ0) is 17.2. The molecule has 0 aromatic heterocycles. The number of aliphatic hydroxyl groups is 1. The van der Waals surface area contributed by atoms with E-state index in [1.165, 1.54) is 0 Å². The van der Waals surface area contributed by atoms with Crippen molar-refractivity contribution in [2.45, 2.75) is 63.7 Å². The molecule has 1 N–H and O–H groups in total. The number of hydrogen-bond acceptors (Lipinski definition) is 3. The van der Waals surface area contributed by atoms with E-state index in [0.717, 1.165) is 56.2 Å². The number of ether oxygens (including phenoxy) is 1. The second-order valence-corrected chi connectivity index (χ2v) is 7.55. The Morgan fingerprint density at radius 3 is 2.67 bits per heavy atom. The van der Waals surface area contributed by atoms with Gasteiger partial charge in [0, 0.05) is 31.2 Å².